The molecule has 21 heavy (non-hydrogen) atoms. The molecule has 0 radical (unpaired) electrons. The quantitative estimate of drug-likeness (QED) is 0.750. The van der Waals surface area contributed by atoms with Crippen LogP contribution in [-0.4, -0.2) is 0 Å². The second-order valence-corrected chi connectivity index (χ2v) is 5.75. The monoisotopic (exact) mass is 341 g/mol. The van der Waals surface area contributed by atoms with Crippen molar-refractivity contribution in [2.24, 2.45) is 5.73 Å². The van der Waals surface area contributed by atoms with Gasteiger partial charge in [0.25, 0.3) is 0 Å². The third kappa shape index (κ3) is 3.09. The average molecular weight is 342 g/mol. The molecule has 0 spiro atoms. The minimum Gasteiger partial charge on any atom is -0.488 e. The Kier molecular flexibility index (Phi) is 4.23. The SMILES string of the molecule is NCc1ccc(COc2cccc3ccccc23)c(Br)c1. The molecule has 3 aromatic rings. The summed E-state index contributed by atoms with van der Waals surface area (Å²) in [5.74, 6) is 0.905. The molecular weight excluding hydrogens is 326 g/mol. The van der Waals surface area contributed by atoms with E-state index in [-0.39, 0.29) is 0 Å². The zero-order chi connectivity index (χ0) is 14.7. The number of benzene rings is 3. The highest BCUT2D eigenvalue weighted by Crippen LogP contribution is 2.27. The van der Waals surface area contributed by atoms with E-state index in [4.69, 9.17) is 10.5 Å². The molecule has 3 rings (SSSR count). The topological polar surface area (TPSA) is 35.2 Å². The van der Waals surface area contributed by atoms with E-state index in [0.717, 1.165) is 26.7 Å². The van der Waals surface area contributed by atoms with Gasteiger partial charge in [-0.1, -0.05) is 64.5 Å². The molecule has 0 aromatic heterocycles. The summed E-state index contributed by atoms with van der Waals surface area (Å²) in [7, 11) is 0. The van der Waals surface area contributed by atoms with Crippen molar-refractivity contribution < 1.29 is 4.74 Å². The summed E-state index contributed by atoms with van der Waals surface area (Å²) in [6.45, 7) is 1.07. The van der Waals surface area contributed by atoms with E-state index in [2.05, 4.69) is 40.2 Å². The van der Waals surface area contributed by atoms with Crippen LogP contribution < -0.4 is 10.5 Å². The lowest BCUT2D eigenvalue weighted by atomic mass is 10.1. The van der Waals surface area contributed by atoms with Crippen LogP contribution in [0.5, 0.6) is 5.75 Å². The molecule has 0 bridgehead atoms. The number of nitrogens with two attached hydrogens (primary N) is 1. The predicted octanol–water partition coefficient (Wildman–Crippen LogP) is 4.64. The first-order valence-corrected chi connectivity index (χ1v) is 7.65. The maximum absolute atomic E-state index is 6.00. The molecule has 0 aliphatic rings. The Morgan fingerprint density at radius 1 is 0.952 bits per heavy atom. The van der Waals surface area contributed by atoms with Crippen LogP contribution in [0.1, 0.15) is 11.1 Å². The second-order valence-electron chi connectivity index (χ2n) is 4.90. The maximum Gasteiger partial charge on any atom is 0.127 e. The van der Waals surface area contributed by atoms with Crippen molar-refractivity contribution >= 4 is 26.7 Å². The zero-order valence-electron chi connectivity index (χ0n) is 11.6. The van der Waals surface area contributed by atoms with Crippen LogP contribution in [-0.2, 0) is 13.2 Å². The lowest BCUT2D eigenvalue weighted by Gasteiger charge is -2.11. The summed E-state index contributed by atoms with van der Waals surface area (Å²) in [4.78, 5) is 0. The minimum atomic E-state index is 0.527. The molecule has 0 aliphatic carbocycles. The van der Waals surface area contributed by atoms with Crippen LogP contribution in [0.15, 0.2) is 65.1 Å². The van der Waals surface area contributed by atoms with Crippen LogP contribution in [0.4, 0.5) is 0 Å². The standard InChI is InChI=1S/C18H16BrNO/c19-17-10-13(11-20)8-9-15(17)12-21-18-7-3-5-14-4-1-2-6-16(14)18/h1-10H,11-12,20H2. The summed E-state index contributed by atoms with van der Waals surface area (Å²) >= 11 is 3.58. The molecule has 3 aromatic carbocycles. The predicted molar refractivity (Wildman–Crippen MR) is 90.3 cm³/mol. The fourth-order valence-electron chi connectivity index (χ4n) is 2.31. The molecule has 0 aliphatic heterocycles. The van der Waals surface area contributed by atoms with Gasteiger partial charge >= 0.3 is 0 Å². The fraction of sp³-hybridized carbons (Fsp3) is 0.111. The fourth-order valence-corrected chi connectivity index (χ4v) is 2.85. The smallest absolute Gasteiger partial charge is 0.127 e. The number of hydrogen-bond acceptors (Lipinski definition) is 2. The summed E-state index contributed by atoms with van der Waals surface area (Å²) in [5.41, 5.74) is 7.86. The van der Waals surface area contributed by atoms with Crippen molar-refractivity contribution in [1.29, 1.82) is 0 Å². The number of rotatable bonds is 4. The highest BCUT2D eigenvalue weighted by molar-refractivity contribution is 9.10. The molecule has 0 heterocycles. The lowest BCUT2D eigenvalue weighted by Crippen LogP contribution is -2.00. The van der Waals surface area contributed by atoms with Crippen molar-refractivity contribution in [3.63, 3.8) is 0 Å². The summed E-state index contributed by atoms with van der Waals surface area (Å²) in [6, 6.07) is 20.5. The molecule has 2 N–H and O–H groups in total. The third-order valence-corrected chi connectivity index (χ3v) is 4.22. The average Bonchev–Trinajstić information content (AvgIpc) is 2.53. The Morgan fingerprint density at radius 3 is 2.57 bits per heavy atom. The summed E-state index contributed by atoms with van der Waals surface area (Å²) < 4.78 is 7.03. The van der Waals surface area contributed by atoms with E-state index >= 15 is 0 Å². The highest BCUT2D eigenvalue weighted by atomic mass is 79.9. The number of fused-ring (bicyclic) bond motifs is 1. The number of halogens is 1. The first-order valence-electron chi connectivity index (χ1n) is 6.86. The molecule has 0 unspecified atom stereocenters. The number of hydrogen-bond donors (Lipinski definition) is 1. The van der Waals surface area contributed by atoms with Crippen LogP contribution in [0.25, 0.3) is 10.8 Å². The second kappa shape index (κ2) is 6.29. The van der Waals surface area contributed by atoms with Crippen molar-refractivity contribution in [1.82, 2.24) is 0 Å². The molecular formula is C18H16BrNO. The lowest BCUT2D eigenvalue weighted by molar-refractivity contribution is 0.309. The molecule has 0 saturated heterocycles. The van der Waals surface area contributed by atoms with Crippen LogP contribution >= 0.6 is 15.9 Å². The van der Waals surface area contributed by atoms with Crippen LogP contribution in [0.2, 0.25) is 0 Å². The Bertz CT molecular complexity index is 765. The van der Waals surface area contributed by atoms with Crippen LogP contribution in [0.3, 0.4) is 0 Å². The third-order valence-electron chi connectivity index (χ3n) is 3.49. The van der Waals surface area contributed by atoms with Crippen molar-refractivity contribution in [2.45, 2.75) is 13.2 Å². The van der Waals surface area contributed by atoms with E-state index in [1.807, 2.05) is 36.4 Å². The van der Waals surface area contributed by atoms with Gasteiger partial charge in [0.15, 0.2) is 0 Å². The molecule has 0 fully saturated rings. The van der Waals surface area contributed by atoms with Gasteiger partial charge in [-0.05, 0) is 23.1 Å². The van der Waals surface area contributed by atoms with Gasteiger partial charge in [0.05, 0.1) is 0 Å². The van der Waals surface area contributed by atoms with Gasteiger partial charge in [0.2, 0.25) is 0 Å². The Hall–Kier alpha value is -1.84. The molecule has 3 heteroatoms. The van der Waals surface area contributed by atoms with Gasteiger partial charge in [-0.2, -0.15) is 0 Å². The van der Waals surface area contributed by atoms with Gasteiger partial charge in [-0.25, -0.2) is 0 Å². The van der Waals surface area contributed by atoms with Gasteiger partial charge in [0, 0.05) is 22.0 Å². The normalized spacial score (nSPS) is 10.8. The summed E-state index contributed by atoms with van der Waals surface area (Å²) in [5, 5.41) is 2.32. The Balaban J connectivity index is 1.84. The maximum atomic E-state index is 6.00. The minimum absolute atomic E-state index is 0.527. The van der Waals surface area contributed by atoms with Gasteiger partial charge in [0.1, 0.15) is 12.4 Å². The molecule has 0 atom stereocenters. The van der Waals surface area contributed by atoms with E-state index in [1.54, 1.807) is 0 Å². The molecule has 0 amide bonds. The molecule has 106 valence electrons. The van der Waals surface area contributed by atoms with Crippen LogP contribution in [0, 0.1) is 0 Å². The van der Waals surface area contributed by atoms with E-state index in [1.165, 1.54) is 5.39 Å². The van der Waals surface area contributed by atoms with Gasteiger partial charge in [-0.3, -0.25) is 0 Å². The van der Waals surface area contributed by atoms with Crippen molar-refractivity contribution in [3.05, 3.63) is 76.3 Å². The Labute approximate surface area is 132 Å². The van der Waals surface area contributed by atoms with E-state index in [0.29, 0.717) is 13.2 Å². The molecule has 2 nitrogen and oxygen atoms in total. The van der Waals surface area contributed by atoms with Gasteiger partial charge < -0.3 is 10.5 Å². The molecule has 0 saturated carbocycles. The van der Waals surface area contributed by atoms with Gasteiger partial charge in [-0.15, -0.1) is 0 Å². The highest BCUT2D eigenvalue weighted by Gasteiger charge is 2.05. The first-order chi connectivity index (χ1) is 10.3. The van der Waals surface area contributed by atoms with Crippen molar-refractivity contribution in [3.8, 4) is 5.75 Å². The van der Waals surface area contributed by atoms with E-state index < -0.39 is 0 Å². The largest absolute Gasteiger partial charge is 0.488 e. The van der Waals surface area contributed by atoms with Crippen molar-refractivity contribution in [2.75, 3.05) is 0 Å². The number of ether oxygens (including phenoxy) is 1. The van der Waals surface area contributed by atoms with E-state index in [9.17, 15) is 0 Å². The zero-order valence-corrected chi connectivity index (χ0v) is 13.1. The first kappa shape index (κ1) is 14.1. The summed E-state index contributed by atoms with van der Waals surface area (Å²) in [6.07, 6.45) is 0. The Morgan fingerprint density at radius 2 is 1.76 bits per heavy atom.